The van der Waals surface area contributed by atoms with E-state index in [1.807, 2.05) is 50.6 Å². The van der Waals surface area contributed by atoms with Crippen LogP contribution >= 0.6 is 11.6 Å². The smallest absolute Gasteiger partial charge is 0.410 e. The van der Waals surface area contributed by atoms with Crippen molar-refractivity contribution in [2.24, 2.45) is 0 Å². The first-order valence-electron chi connectivity index (χ1n) is 7.87. The van der Waals surface area contributed by atoms with Crippen molar-refractivity contribution in [3.8, 4) is 0 Å². The average Bonchev–Trinajstić information content (AvgIpc) is 2.83. The Morgan fingerprint density at radius 3 is 2.78 bits per heavy atom. The maximum Gasteiger partial charge on any atom is 0.410 e. The van der Waals surface area contributed by atoms with Crippen LogP contribution in [0.4, 0.5) is 10.6 Å². The molecule has 1 aliphatic heterocycles. The predicted molar refractivity (Wildman–Crippen MR) is 91.0 cm³/mol. The molecule has 0 radical (unpaired) electrons. The molecule has 1 aromatic rings. The van der Waals surface area contributed by atoms with Gasteiger partial charge in [0.05, 0.1) is 6.04 Å². The highest BCUT2D eigenvalue weighted by Gasteiger charge is 2.33. The van der Waals surface area contributed by atoms with Crippen LogP contribution in [0.2, 0.25) is 5.28 Å². The Morgan fingerprint density at radius 2 is 2.17 bits per heavy atom. The number of halogens is 1. The van der Waals surface area contributed by atoms with Crippen LogP contribution in [-0.4, -0.2) is 52.7 Å². The second kappa shape index (κ2) is 6.91. The van der Waals surface area contributed by atoms with Crippen LogP contribution in [0.1, 0.15) is 39.3 Å². The molecule has 0 aliphatic carbocycles. The summed E-state index contributed by atoms with van der Waals surface area (Å²) in [6.07, 6.45) is 1.70. The lowest BCUT2D eigenvalue weighted by Crippen LogP contribution is -2.44. The number of rotatable bonds is 3. The van der Waals surface area contributed by atoms with E-state index in [1.54, 1.807) is 0 Å². The van der Waals surface area contributed by atoms with Gasteiger partial charge >= 0.3 is 6.09 Å². The van der Waals surface area contributed by atoms with E-state index in [9.17, 15) is 4.79 Å². The van der Waals surface area contributed by atoms with Gasteiger partial charge < -0.3 is 14.5 Å². The van der Waals surface area contributed by atoms with Crippen LogP contribution < -0.4 is 4.90 Å². The Kier molecular flexibility index (Phi) is 5.34. The summed E-state index contributed by atoms with van der Waals surface area (Å²) < 4.78 is 5.50. The number of carbonyl (C=O) groups excluding carboxylic acids is 1. The molecule has 0 N–H and O–H groups in total. The Bertz CT molecular complexity index is 553. The highest BCUT2D eigenvalue weighted by molar-refractivity contribution is 6.28. The van der Waals surface area contributed by atoms with Crippen molar-refractivity contribution in [2.75, 3.05) is 25.0 Å². The van der Waals surface area contributed by atoms with Crippen LogP contribution in [0, 0.1) is 6.92 Å². The Morgan fingerprint density at radius 1 is 1.48 bits per heavy atom. The zero-order valence-corrected chi connectivity index (χ0v) is 15.2. The van der Waals surface area contributed by atoms with Crippen molar-refractivity contribution in [2.45, 2.75) is 52.2 Å². The van der Waals surface area contributed by atoms with E-state index in [2.05, 4.69) is 9.97 Å². The third kappa shape index (κ3) is 4.96. The van der Waals surface area contributed by atoms with Crippen molar-refractivity contribution >= 4 is 23.5 Å². The van der Waals surface area contributed by atoms with Gasteiger partial charge in [0.25, 0.3) is 0 Å². The van der Waals surface area contributed by atoms with E-state index < -0.39 is 5.60 Å². The summed E-state index contributed by atoms with van der Waals surface area (Å²) in [4.78, 5) is 24.5. The van der Waals surface area contributed by atoms with Gasteiger partial charge in [-0.1, -0.05) is 0 Å². The van der Waals surface area contributed by atoms with Gasteiger partial charge in [0, 0.05) is 31.9 Å². The van der Waals surface area contributed by atoms with E-state index in [-0.39, 0.29) is 17.4 Å². The molecule has 1 fully saturated rings. The maximum atomic E-state index is 12.3. The number of hydrogen-bond donors (Lipinski definition) is 0. The third-order valence-corrected chi connectivity index (χ3v) is 3.86. The zero-order chi connectivity index (χ0) is 17.2. The quantitative estimate of drug-likeness (QED) is 0.790. The normalized spacial score (nSPS) is 18.2. The molecule has 23 heavy (non-hydrogen) atoms. The van der Waals surface area contributed by atoms with E-state index in [0.29, 0.717) is 6.54 Å². The number of amides is 1. The van der Waals surface area contributed by atoms with Gasteiger partial charge in [-0.3, -0.25) is 0 Å². The molecule has 7 heteroatoms. The summed E-state index contributed by atoms with van der Waals surface area (Å²) in [7, 11) is 1.95. The first kappa shape index (κ1) is 17.8. The number of hydrogen-bond acceptors (Lipinski definition) is 5. The topological polar surface area (TPSA) is 58.6 Å². The van der Waals surface area contributed by atoms with Gasteiger partial charge in [-0.05, 0) is 52.1 Å². The Balaban J connectivity index is 2.04. The van der Waals surface area contributed by atoms with Crippen molar-refractivity contribution in [1.82, 2.24) is 14.9 Å². The molecule has 1 amide bonds. The summed E-state index contributed by atoms with van der Waals surface area (Å²) in [5.41, 5.74) is 0.343. The number of carbonyl (C=O) groups is 1. The number of likely N-dealkylation sites (tertiary alicyclic amines) is 1. The molecular weight excluding hydrogens is 316 g/mol. The van der Waals surface area contributed by atoms with E-state index in [4.69, 9.17) is 16.3 Å². The molecule has 0 spiro atoms. The van der Waals surface area contributed by atoms with Crippen LogP contribution in [0.25, 0.3) is 0 Å². The zero-order valence-electron chi connectivity index (χ0n) is 14.5. The van der Waals surface area contributed by atoms with E-state index >= 15 is 0 Å². The molecule has 0 unspecified atom stereocenters. The number of ether oxygens (including phenoxy) is 1. The minimum Gasteiger partial charge on any atom is -0.444 e. The van der Waals surface area contributed by atoms with E-state index in [1.165, 1.54) is 0 Å². The molecule has 1 atom stereocenters. The summed E-state index contributed by atoms with van der Waals surface area (Å²) in [5, 5.41) is 0.238. The molecular formula is C16H25ClN4O2. The lowest BCUT2D eigenvalue weighted by molar-refractivity contribution is 0.0232. The predicted octanol–water partition coefficient (Wildman–Crippen LogP) is 3.27. The number of nitrogens with zero attached hydrogens (tertiary/aromatic N) is 4. The van der Waals surface area contributed by atoms with Crippen molar-refractivity contribution < 1.29 is 9.53 Å². The molecule has 2 rings (SSSR count). The minimum absolute atomic E-state index is 0.115. The number of aryl methyl sites for hydroxylation is 1. The van der Waals surface area contributed by atoms with Gasteiger partial charge in [-0.2, -0.15) is 0 Å². The SMILES string of the molecule is Cc1cc(N(C)C[C@H]2CCCN2C(=O)OC(C)(C)C)nc(Cl)n1. The van der Waals surface area contributed by atoms with Gasteiger partial charge in [0.15, 0.2) is 0 Å². The lowest BCUT2D eigenvalue weighted by Gasteiger charge is -2.31. The van der Waals surface area contributed by atoms with E-state index in [0.717, 1.165) is 30.9 Å². The number of likely N-dealkylation sites (N-methyl/N-ethyl adjacent to an activating group) is 1. The van der Waals surface area contributed by atoms with Gasteiger partial charge in [0.1, 0.15) is 11.4 Å². The van der Waals surface area contributed by atoms with Crippen LogP contribution in [-0.2, 0) is 4.74 Å². The fraction of sp³-hybridized carbons (Fsp3) is 0.688. The first-order valence-corrected chi connectivity index (χ1v) is 8.25. The molecule has 0 bridgehead atoms. The van der Waals surface area contributed by atoms with Crippen LogP contribution in [0.5, 0.6) is 0 Å². The molecule has 0 saturated carbocycles. The number of aromatic nitrogens is 2. The highest BCUT2D eigenvalue weighted by atomic mass is 35.5. The fourth-order valence-corrected chi connectivity index (χ4v) is 2.93. The summed E-state index contributed by atoms with van der Waals surface area (Å²) in [6, 6.07) is 2.00. The standard InChI is InChI=1S/C16H25ClN4O2/c1-11-9-13(19-14(17)18-11)20(5)10-12-7-6-8-21(12)15(22)23-16(2,3)4/h9,12H,6-8,10H2,1-5H3/t12-/m1/s1. The summed E-state index contributed by atoms with van der Waals surface area (Å²) in [6.45, 7) is 8.95. The average molecular weight is 341 g/mol. The fourth-order valence-electron chi connectivity index (χ4n) is 2.71. The molecule has 128 valence electrons. The second-order valence-corrected chi connectivity index (χ2v) is 7.32. The van der Waals surface area contributed by atoms with Crippen molar-refractivity contribution in [3.63, 3.8) is 0 Å². The minimum atomic E-state index is -0.479. The van der Waals surface area contributed by atoms with Crippen molar-refractivity contribution in [3.05, 3.63) is 17.0 Å². The lowest BCUT2D eigenvalue weighted by atomic mass is 10.2. The van der Waals surface area contributed by atoms with Crippen LogP contribution in [0.3, 0.4) is 0 Å². The summed E-state index contributed by atoms with van der Waals surface area (Å²) >= 11 is 5.93. The number of anilines is 1. The van der Waals surface area contributed by atoms with Gasteiger partial charge in [0.2, 0.25) is 5.28 Å². The molecule has 1 aromatic heterocycles. The highest BCUT2D eigenvalue weighted by Crippen LogP contribution is 2.23. The molecule has 1 saturated heterocycles. The third-order valence-electron chi connectivity index (χ3n) is 3.69. The molecule has 2 heterocycles. The van der Waals surface area contributed by atoms with Crippen LogP contribution in [0.15, 0.2) is 6.07 Å². The Hall–Kier alpha value is -1.56. The molecule has 1 aliphatic rings. The summed E-state index contributed by atoms with van der Waals surface area (Å²) in [5.74, 6) is 0.763. The molecule has 6 nitrogen and oxygen atoms in total. The first-order chi connectivity index (χ1) is 10.7. The van der Waals surface area contributed by atoms with Gasteiger partial charge in [-0.25, -0.2) is 14.8 Å². The van der Waals surface area contributed by atoms with Gasteiger partial charge in [-0.15, -0.1) is 0 Å². The molecule has 0 aromatic carbocycles. The monoisotopic (exact) mass is 340 g/mol. The Labute approximate surface area is 142 Å². The second-order valence-electron chi connectivity index (χ2n) is 6.99. The maximum absolute atomic E-state index is 12.3. The largest absolute Gasteiger partial charge is 0.444 e. The van der Waals surface area contributed by atoms with Crippen molar-refractivity contribution in [1.29, 1.82) is 0 Å².